The Morgan fingerprint density at radius 2 is 1.76 bits per heavy atom. The van der Waals surface area contributed by atoms with E-state index in [1.807, 2.05) is 31.2 Å². The van der Waals surface area contributed by atoms with Crippen molar-refractivity contribution in [2.75, 3.05) is 13.6 Å². The lowest BCUT2D eigenvalue weighted by molar-refractivity contribution is 0.165. The van der Waals surface area contributed by atoms with Crippen molar-refractivity contribution < 1.29 is 9.53 Å². The summed E-state index contributed by atoms with van der Waals surface area (Å²) >= 11 is 0. The Hall–Kier alpha value is -1.51. The van der Waals surface area contributed by atoms with Crippen molar-refractivity contribution >= 4 is 6.09 Å². The number of benzene rings is 1. The zero-order valence-electron chi connectivity index (χ0n) is 11.3. The molecule has 0 N–H and O–H groups in total. The van der Waals surface area contributed by atoms with Gasteiger partial charge in [-0.25, -0.2) is 4.79 Å². The van der Waals surface area contributed by atoms with E-state index in [-0.39, 0.29) is 11.5 Å². The molecule has 0 aliphatic heterocycles. The van der Waals surface area contributed by atoms with Gasteiger partial charge in [-0.2, -0.15) is 0 Å². The van der Waals surface area contributed by atoms with Crippen molar-refractivity contribution in [3.05, 3.63) is 29.8 Å². The Morgan fingerprint density at radius 3 is 2.18 bits per heavy atom. The van der Waals surface area contributed by atoms with Gasteiger partial charge in [-0.1, -0.05) is 32.9 Å². The van der Waals surface area contributed by atoms with Gasteiger partial charge in [-0.05, 0) is 30.0 Å². The number of nitrogens with zero attached hydrogens (tertiary/aromatic N) is 1. The van der Waals surface area contributed by atoms with E-state index in [0.717, 1.165) is 0 Å². The van der Waals surface area contributed by atoms with Crippen LogP contribution in [0.25, 0.3) is 0 Å². The molecule has 0 aliphatic rings. The van der Waals surface area contributed by atoms with Gasteiger partial charge in [0.25, 0.3) is 0 Å². The molecule has 94 valence electrons. The van der Waals surface area contributed by atoms with Crippen molar-refractivity contribution in [3.8, 4) is 5.75 Å². The van der Waals surface area contributed by atoms with Crippen LogP contribution < -0.4 is 4.74 Å². The van der Waals surface area contributed by atoms with Gasteiger partial charge in [-0.3, -0.25) is 0 Å². The number of ether oxygens (including phenoxy) is 1. The van der Waals surface area contributed by atoms with Gasteiger partial charge in [0.1, 0.15) is 5.75 Å². The average Bonchev–Trinajstić information content (AvgIpc) is 2.27. The molecule has 0 radical (unpaired) electrons. The summed E-state index contributed by atoms with van der Waals surface area (Å²) in [5.41, 5.74) is 1.34. The van der Waals surface area contributed by atoms with Crippen LogP contribution in [0, 0.1) is 0 Å². The SMILES string of the molecule is CCN(C)C(=O)Oc1ccc(C(C)(C)C)cc1. The summed E-state index contributed by atoms with van der Waals surface area (Å²) in [6, 6.07) is 7.66. The van der Waals surface area contributed by atoms with E-state index >= 15 is 0 Å². The topological polar surface area (TPSA) is 29.5 Å². The van der Waals surface area contributed by atoms with Crippen LogP contribution in [0.5, 0.6) is 5.75 Å². The Labute approximate surface area is 103 Å². The molecule has 1 amide bonds. The van der Waals surface area contributed by atoms with Crippen LogP contribution >= 0.6 is 0 Å². The summed E-state index contributed by atoms with van der Waals surface area (Å²) < 4.78 is 5.22. The molecule has 1 aromatic carbocycles. The highest BCUT2D eigenvalue weighted by Crippen LogP contribution is 2.24. The molecule has 0 saturated carbocycles. The van der Waals surface area contributed by atoms with Gasteiger partial charge in [0.15, 0.2) is 0 Å². The summed E-state index contributed by atoms with van der Waals surface area (Å²) in [4.78, 5) is 13.1. The maximum absolute atomic E-state index is 11.5. The molecule has 0 bridgehead atoms. The van der Waals surface area contributed by atoms with Crippen LogP contribution in [0.1, 0.15) is 33.3 Å². The van der Waals surface area contributed by atoms with E-state index in [0.29, 0.717) is 12.3 Å². The third-order valence-electron chi connectivity index (χ3n) is 2.71. The van der Waals surface area contributed by atoms with Crippen molar-refractivity contribution in [3.63, 3.8) is 0 Å². The van der Waals surface area contributed by atoms with Gasteiger partial charge in [0.05, 0.1) is 0 Å². The standard InChI is InChI=1S/C14H21NO2/c1-6-15(5)13(16)17-12-9-7-11(8-10-12)14(2,3)4/h7-10H,6H2,1-5H3. The lowest BCUT2D eigenvalue weighted by Gasteiger charge is -2.19. The van der Waals surface area contributed by atoms with Crippen LogP contribution in [0.3, 0.4) is 0 Å². The lowest BCUT2D eigenvalue weighted by Crippen LogP contribution is -2.29. The van der Waals surface area contributed by atoms with Crippen LogP contribution in [-0.2, 0) is 5.41 Å². The largest absolute Gasteiger partial charge is 0.414 e. The predicted molar refractivity (Wildman–Crippen MR) is 69.5 cm³/mol. The fourth-order valence-corrected chi connectivity index (χ4v) is 1.33. The van der Waals surface area contributed by atoms with E-state index in [1.165, 1.54) is 10.5 Å². The Kier molecular flexibility index (Phi) is 4.16. The first kappa shape index (κ1) is 13.6. The van der Waals surface area contributed by atoms with E-state index in [2.05, 4.69) is 20.8 Å². The van der Waals surface area contributed by atoms with E-state index in [9.17, 15) is 4.79 Å². The maximum Gasteiger partial charge on any atom is 0.414 e. The fraction of sp³-hybridized carbons (Fsp3) is 0.500. The number of carbonyl (C=O) groups is 1. The van der Waals surface area contributed by atoms with Gasteiger partial charge in [0, 0.05) is 13.6 Å². The average molecular weight is 235 g/mol. The predicted octanol–water partition coefficient (Wildman–Crippen LogP) is 3.43. The molecule has 0 aliphatic carbocycles. The van der Waals surface area contributed by atoms with Crippen LogP contribution in [-0.4, -0.2) is 24.6 Å². The molecule has 0 atom stereocenters. The molecule has 0 unspecified atom stereocenters. The minimum atomic E-state index is -0.323. The first-order chi connectivity index (χ1) is 7.84. The molecular formula is C14H21NO2. The van der Waals surface area contributed by atoms with Crippen molar-refractivity contribution in [1.82, 2.24) is 4.90 Å². The Balaban J connectivity index is 2.73. The summed E-state index contributed by atoms with van der Waals surface area (Å²) in [5.74, 6) is 0.586. The smallest absolute Gasteiger partial charge is 0.410 e. The second kappa shape index (κ2) is 5.21. The maximum atomic E-state index is 11.5. The minimum Gasteiger partial charge on any atom is -0.410 e. The van der Waals surface area contributed by atoms with Crippen molar-refractivity contribution in [2.45, 2.75) is 33.1 Å². The molecule has 17 heavy (non-hydrogen) atoms. The summed E-state index contributed by atoms with van der Waals surface area (Å²) in [6.07, 6.45) is -0.323. The Morgan fingerprint density at radius 1 is 1.24 bits per heavy atom. The molecule has 3 heteroatoms. The third kappa shape index (κ3) is 3.77. The van der Waals surface area contributed by atoms with E-state index in [1.54, 1.807) is 7.05 Å². The second-order valence-corrected chi connectivity index (χ2v) is 5.16. The zero-order chi connectivity index (χ0) is 13.1. The molecule has 1 rings (SSSR count). The minimum absolute atomic E-state index is 0.114. The van der Waals surface area contributed by atoms with Crippen molar-refractivity contribution in [1.29, 1.82) is 0 Å². The lowest BCUT2D eigenvalue weighted by atomic mass is 9.87. The summed E-state index contributed by atoms with van der Waals surface area (Å²) in [7, 11) is 1.71. The molecular weight excluding hydrogens is 214 g/mol. The molecule has 0 heterocycles. The monoisotopic (exact) mass is 235 g/mol. The summed E-state index contributed by atoms with van der Waals surface area (Å²) in [5, 5.41) is 0. The quantitative estimate of drug-likeness (QED) is 0.786. The van der Waals surface area contributed by atoms with E-state index in [4.69, 9.17) is 4.74 Å². The van der Waals surface area contributed by atoms with Crippen LogP contribution in [0.2, 0.25) is 0 Å². The highest BCUT2D eigenvalue weighted by atomic mass is 16.6. The van der Waals surface area contributed by atoms with Gasteiger partial charge < -0.3 is 9.64 Å². The molecule has 0 saturated heterocycles. The molecule has 0 fully saturated rings. The number of hydrogen-bond acceptors (Lipinski definition) is 2. The van der Waals surface area contributed by atoms with Gasteiger partial charge in [-0.15, -0.1) is 0 Å². The van der Waals surface area contributed by atoms with Gasteiger partial charge >= 0.3 is 6.09 Å². The highest BCUT2D eigenvalue weighted by molar-refractivity contribution is 5.70. The van der Waals surface area contributed by atoms with Crippen molar-refractivity contribution in [2.24, 2.45) is 0 Å². The fourth-order valence-electron chi connectivity index (χ4n) is 1.33. The summed E-state index contributed by atoms with van der Waals surface area (Å²) in [6.45, 7) is 9.00. The molecule has 3 nitrogen and oxygen atoms in total. The number of amides is 1. The molecule has 1 aromatic rings. The number of rotatable bonds is 2. The number of carbonyl (C=O) groups excluding carboxylic acids is 1. The highest BCUT2D eigenvalue weighted by Gasteiger charge is 2.14. The number of hydrogen-bond donors (Lipinski definition) is 0. The second-order valence-electron chi connectivity index (χ2n) is 5.16. The van der Waals surface area contributed by atoms with E-state index < -0.39 is 0 Å². The normalized spacial score (nSPS) is 11.1. The first-order valence-electron chi connectivity index (χ1n) is 5.88. The molecule has 0 spiro atoms. The van der Waals surface area contributed by atoms with Crippen LogP contribution in [0.15, 0.2) is 24.3 Å². The Bertz CT molecular complexity index is 376. The molecule has 0 aromatic heterocycles. The van der Waals surface area contributed by atoms with Crippen LogP contribution in [0.4, 0.5) is 4.79 Å². The van der Waals surface area contributed by atoms with Gasteiger partial charge in [0.2, 0.25) is 0 Å². The first-order valence-corrected chi connectivity index (χ1v) is 5.88. The zero-order valence-corrected chi connectivity index (χ0v) is 11.3. The third-order valence-corrected chi connectivity index (χ3v) is 2.71.